The summed E-state index contributed by atoms with van der Waals surface area (Å²) in [7, 11) is -1.45. The zero-order chi connectivity index (χ0) is 8.27. The minimum Gasteiger partial charge on any atom is -0.423 e. The predicted molar refractivity (Wildman–Crippen MR) is 42.5 cm³/mol. The SMILES string of the molecule is [C-]#[N+]c1ccc(B(O)O)cc1. The van der Waals surface area contributed by atoms with Gasteiger partial charge < -0.3 is 10.0 Å². The lowest BCUT2D eigenvalue weighted by atomic mass is 9.80. The molecule has 0 aromatic heterocycles. The average molecular weight is 147 g/mol. The lowest BCUT2D eigenvalue weighted by Gasteiger charge is -1.96. The Kier molecular flexibility index (Phi) is 2.26. The first-order valence-corrected chi connectivity index (χ1v) is 3.07. The van der Waals surface area contributed by atoms with Gasteiger partial charge in [0.05, 0.1) is 6.57 Å². The second-order valence-corrected chi connectivity index (χ2v) is 2.08. The van der Waals surface area contributed by atoms with Crippen molar-refractivity contribution in [2.24, 2.45) is 0 Å². The molecule has 0 spiro atoms. The molecule has 4 heteroatoms. The Labute approximate surface area is 64.9 Å². The minimum atomic E-state index is -1.45. The average Bonchev–Trinajstić information content (AvgIpc) is 2.05. The van der Waals surface area contributed by atoms with Crippen molar-refractivity contribution in [1.82, 2.24) is 0 Å². The Morgan fingerprint density at radius 3 is 2.09 bits per heavy atom. The molecule has 0 heterocycles. The molecular formula is C7H6BNO2. The van der Waals surface area contributed by atoms with Crippen LogP contribution in [-0.4, -0.2) is 17.2 Å². The third-order valence-corrected chi connectivity index (χ3v) is 1.32. The first-order chi connectivity index (χ1) is 5.24. The standard InChI is InChI=1S/C7H6BNO2/c1-9-7-4-2-6(3-5-7)8(10)11/h2-5,10-11H. The Balaban J connectivity index is 2.94. The van der Waals surface area contributed by atoms with Crippen molar-refractivity contribution in [2.45, 2.75) is 0 Å². The van der Waals surface area contributed by atoms with E-state index < -0.39 is 7.12 Å². The molecule has 0 bridgehead atoms. The molecule has 0 aliphatic rings. The molecule has 11 heavy (non-hydrogen) atoms. The maximum atomic E-state index is 8.67. The van der Waals surface area contributed by atoms with Gasteiger partial charge in [0, 0.05) is 0 Å². The fourth-order valence-corrected chi connectivity index (χ4v) is 0.721. The quantitative estimate of drug-likeness (QED) is 0.430. The zero-order valence-corrected chi connectivity index (χ0v) is 5.73. The molecule has 0 aliphatic carbocycles. The van der Waals surface area contributed by atoms with E-state index in [4.69, 9.17) is 16.6 Å². The number of rotatable bonds is 1. The van der Waals surface area contributed by atoms with Gasteiger partial charge in [-0.3, -0.25) is 0 Å². The van der Waals surface area contributed by atoms with Crippen molar-refractivity contribution in [3.63, 3.8) is 0 Å². The summed E-state index contributed by atoms with van der Waals surface area (Å²) in [5.74, 6) is 0. The topological polar surface area (TPSA) is 44.8 Å². The van der Waals surface area contributed by atoms with Gasteiger partial charge >= 0.3 is 7.12 Å². The van der Waals surface area contributed by atoms with E-state index in [1.165, 1.54) is 12.1 Å². The van der Waals surface area contributed by atoms with E-state index in [1.54, 1.807) is 12.1 Å². The van der Waals surface area contributed by atoms with Crippen LogP contribution >= 0.6 is 0 Å². The van der Waals surface area contributed by atoms with Gasteiger partial charge in [-0.1, -0.05) is 24.3 Å². The summed E-state index contributed by atoms with van der Waals surface area (Å²) in [6.45, 7) is 6.62. The van der Waals surface area contributed by atoms with Crippen LogP contribution in [0.15, 0.2) is 24.3 Å². The molecule has 0 saturated carbocycles. The Bertz CT molecular complexity index is 275. The summed E-state index contributed by atoms with van der Waals surface area (Å²) in [4.78, 5) is 3.16. The van der Waals surface area contributed by atoms with Crippen LogP contribution in [0.4, 0.5) is 5.69 Å². The molecule has 2 N–H and O–H groups in total. The Morgan fingerprint density at radius 1 is 1.18 bits per heavy atom. The largest absolute Gasteiger partial charge is 0.488 e. The first-order valence-electron chi connectivity index (χ1n) is 3.07. The van der Waals surface area contributed by atoms with Crippen molar-refractivity contribution >= 4 is 18.3 Å². The van der Waals surface area contributed by atoms with Gasteiger partial charge in [-0.15, -0.1) is 0 Å². The second kappa shape index (κ2) is 3.19. The smallest absolute Gasteiger partial charge is 0.423 e. The van der Waals surface area contributed by atoms with Crippen LogP contribution in [0, 0.1) is 6.57 Å². The number of benzene rings is 1. The molecule has 3 nitrogen and oxygen atoms in total. The number of nitrogens with zero attached hydrogens (tertiary/aromatic N) is 1. The lowest BCUT2D eigenvalue weighted by molar-refractivity contribution is 0.426. The molecule has 0 fully saturated rings. The highest BCUT2D eigenvalue weighted by atomic mass is 16.4. The molecule has 0 saturated heterocycles. The van der Waals surface area contributed by atoms with E-state index in [0.29, 0.717) is 11.2 Å². The van der Waals surface area contributed by atoms with E-state index in [-0.39, 0.29) is 0 Å². The Hall–Kier alpha value is -1.31. The van der Waals surface area contributed by atoms with Crippen LogP contribution in [0.3, 0.4) is 0 Å². The van der Waals surface area contributed by atoms with Crippen LogP contribution < -0.4 is 5.46 Å². The number of hydrogen-bond acceptors (Lipinski definition) is 2. The van der Waals surface area contributed by atoms with Crippen LogP contribution in [0.2, 0.25) is 0 Å². The normalized spacial score (nSPS) is 8.82. The van der Waals surface area contributed by atoms with Gasteiger partial charge in [0.15, 0.2) is 5.69 Å². The maximum absolute atomic E-state index is 8.67. The third-order valence-electron chi connectivity index (χ3n) is 1.32. The lowest BCUT2D eigenvalue weighted by Crippen LogP contribution is -2.29. The van der Waals surface area contributed by atoms with E-state index in [9.17, 15) is 0 Å². The highest BCUT2D eigenvalue weighted by Crippen LogP contribution is 2.07. The van der Waals surface area contributed by atoms with Gasteiger partial charge in [-0.05, 0) is 5.46 Å². The summed E-state index contributed by atoms with van der Waals surface area (Å²) in [5.41, 5.74) is 0.895. The molecular weight excluding hydrogens is 141 g/mol. The molecule has 0 aliphatic heterocycles. The molecule has 0 radical (unpaired) electrons. The van der Waals surface area contributed by atoms with Crippen LogP contribution in [-0.2, 0) is 0 Å². The van der Waals surface area contributed by atoms with Crippen molar-refractivity contribution < 1.29 is 10.0 Å². The van der Waals surface area contributed by atoms with Crippen LogP contribution in [0.25, 0.3) is 4.85 Å². The number of hydrogen-bond donors (Lipinski definition) is 2. The summed E-state index contributed by atoms with van der Waals surface area (Å²) in [6.07, 6.45) is 0. The van der Waals surface area contributed by atoms with Crippen molar-refractivity contribution in [2.75, 3.05) is 0 Å². The zero-order valence-electron chi connectivity index (χ0n) is 5.73. The maximum Gasteiger partial charge on any atom is 0.488 e. The second-order valence-electron chi connectivity index (χ2n) is 2.08. The van der Waals surface area contributed by atoms with Crippen molar-refractivity contribution in [3.8, 4) is 0 Å². The summed E-state index contributed by atoms with van der Waals surface area (Å²) in [6, 6.07) is 6.11. The highest BCUT2D eigenvalue weighted by molar-refractivity contribution is 6.58. The molecule has 1 aromatic carbocycles. The highest BCUT2D eigenvalue weighted by Gasteiger charge is 2.08. The molecule has 54 valence electrons. The van der Waals surface area contributed by atoms with Gasteiger partial charge in [0.1, 0.15) is 0 Å². The van der Waals surface area contributed by atoms with Crippen LogP contribution in [0.1, 0.15) is 0 Å². The fraction of sp³-hybridized carbons (Fsp3) is 0. The van der Waals surface area contributed by atoms with E-state index in [0.717, 1.165) is 0 Å². The molecule has 0 amide bonds. The van der Waals surface area contributed by atoms with Crippen molar-refractivity contribution in [3.05, 3.63) is 35.7 Å². The van der Waals surface area contributed by atoms with Crippen LogP contribution in [0.5, 0.6) is 0 Å². The van der Waals surface area contributed by atoms with E-state index in [2.05, 4.69) is 4.85 Å². The van der Waals surface area contributed by atoms with Gasteiger partial charge in [-0.25, -0.2) is 4.85 Å². The summed E-state index contributed by atoms with van der Waals surface area (Å²) < 4.78 is 0. The summed E-state index contributed by atoms with van der Waals surface area (Å²) in [5, 5.41) is 17.3. The van der Waals surface area contributed by atoms with E-state index >= 15 is 0 Å². The summed E-state index contributed by atoms with van der Waals surface area (Å²) >= 11 is 0. The van der Waals surface area contributed by atoms with Gasteiger partial charge in [0.2, 0.25) is 0 Å². The third kappa shape index (κ3) is 1.80. The minimum absolute atomic E-state index is 0.400. The monoisotopic (exact) mass is 147 g/mol. The predicted octanol–water partition coefficient (Wildman–Crippen LogP) is -0.0828. The van der Waals surface area contributed by atoms with Crippen molar-refractivity contribution in [1.29, 1.82) is 0 Å². The van der Waals surface area contributed by atoms with Gasteiger partial charge in [0.25, 0.3) is 0 Å². The Morgan fingerprint density at radius 2 is 1.73 bits per heavy atom. The first kappa shape index (κ1) is 7.80. The molecule has 0 atom stereocenters. The molecule has 1 rings (SSSR count). The molecule has 0 unspecified atom stereocenters. The van der Waals surface area contributed by atoms with Gasteiger partial charge in [-0.2, -0.15) is 0 Å². The molecule has 1 aromatic rings. The van der Waals surface area contributed by atoms with E-state index in [1.807, 2.05) is 0 Å². The fourth-order valence-electron chi connectivity index (χ4n) is 0.721.